The van der Waals surface area contributed by atoms with Crippen molar-refractivity contribution in [2.45, 2.75) is 58.4 Å². The molecule has 2 saturated heterocycles. The highest BCUT2D eigenvalue weighted by molar-refractivity contribution is 5.81. The summed E-state index contributed by atoms with van der Waals surface area (Å²) in [5, 5.41) is 0. The average Bonchev–Trinajstić information content (AvgIpc) is 2.75. The van der Waals surface area contributed by atoms with Gasteiger partial charge in [0.1, 0.15) is 5.78 Å². The largest absolute Gasteiger partial charge is 0.341 e. The van der Waals surface area contributed by atoms with Crippen LogP contribution in [0.15, 0.2) is 0 Å². The van der Waals surface area contributed by atoms with Crippen molar-refractivity contribution in [3.05, 3.63) is 0 Å². The van der Waals surface area contributed by atoms with Crippen LogP contribution >= 0.6 is 0 Å². The van der Waals surface area contributed by atoms with Gasteiger partial charge in [-0.1, -0.05) is 12.8 Å². The van der Waals surface area contributed by atoms with Crippen LogP contribution in [0.2, 0.25) is 0 Å². The van der Waals surface area contributed by atoms with E-state index in [1.807, 2.05) is 6.92 Å². The lowest BCUT2D eigenvalue weighted by molar-refractivity contribution is -0.137. The number of nitrogens with zero attached hydrogens (tertiary/aromatic N) is 2. The van der Waals surface area contributed by atoms with Gasteiger partial charge in [0.05, 0.1) is 6.04 Å². The first-order valence-corrected chi connectivity index (χ1v) is 8.13. The Morgan fingerprint density at radius 2 is 1.50 bits per heavy atom. The molecule has 20 heavy (non-hydrogen) atoms. The average molecular weight is 280 g/mol. The molecular weight excluding hydrogens is 252 g/mol. The van der Waals surface area contributed by atoms with E-state index in [0.29, 0.717) is 5.78 Å². The quantitative estimate of drug-likeness (QED) is 0.794. The van der Waals surface area contributed by atoms with E-state index in [9.17, 15) is 9.59 Å². The summed E-state index contributed by atoms with van der Waals surface area (Å²) in [4.78, 5) is 28.3. The second kappa shape index (κ2) is 7.21. The molecule has 0 spiro atoms. The Balaban J connectivity index is 1.85. The highest BCUT2D eigenvalue weighted by Gasteiger charge is 2.30. The fraction of sp³-hybridized carbons (Fsp3) is 0.875. The number of ketones is 1. The molecule has 4 heteroatoms. The summed E-state index contributed by atoms with van der Waals surface area (Å²) in [7, 11) is 0. The molecule has 1 atom stereocenters. The fourth-order valence-electron chi connectivity index (χ4n) is 3.40. The van der Waals surface area contributed by atoms with E-state index in [4.69, 9.17) is 0 Å². The van der Waals surface area contributed by atoms with E-state index < -0.39 is 0 Å². The maximum Gasteiger partial charge on any atom is 0.239 e. The van der Waals surface area contributed by atoms with Crippen LogP contribution in [0.5, 0.6) is 0 Å². The zero-order valence-electron chi connectivity index (χ0n) is 12.9. The van der Waals surface area contributed by atoms with Crippen LogP contribution in [-0.4, -0.2) is 53.7 Å². The van der Waals surface area contributed by atoms with Crippen molar-refractivity contribution in [1.29, 1.82) is 0 Å². The van der Waals surface area contributed by atoms with Crippen molar-refractivity contribution < 1.29 is 9.59 Å². The van der Waals surface area contributed by atoms with Gasteiger partial charge >= 0.3 is 0 Å². The normalized spacial score (nSPS) is 24.2. The molecule has 2 aliphatic heterocycles. The summed E-state index contributed by atoms with van der Waals surface area (Å²) in [6.07, 6.45) is 6.61. The topological polar surface area (TPSA) is 40.6 Å². The van der Waals surface area contributed by atoms with E-state index in [1.54, 1.807) is 6.92 Å². The molecule has 114 valence electrons. The van der Waals surface area contributed by atoms with E-state index in [2.05, 4.69) is 9.80 Å². The van der Waals surface area contributed by atoms with Gasteiger partial charge in [0, 0.05) is 19.0 Å². The molecule has 0 aromatic heterocycles. The van der Waals surface area contributed by atoms with Crippen LogP contribution in [0.3, 0.4) is 0 Å². The van der Waals surface area contributed by atoms with E-state index >= 15 is 0 Å². The smallest absolute Gasteiger partial charge is 0.239 e. The van der Waals surface area contributed by atoms with Crippen molar-refractivity contribution in [3.63, 3.8) is 0 Å². The Labute approximate surface area is 122 Å². The molecule has 0 N–H and O–H groups in total. The minimum Gasteiger partial charge on any atom is -0.341 e. The van der Waals surface area contributed by atoms with Crippen LogP contribution in [-0.2, 0) is 9.59 Å². The molecule has 4 nitrogen and oxygen atoms in total. The first kappa shape index (κ1) is 15.5. The van der Waals surface area contributed by atoms with E-state index in [1.165, 1.54) is 12.8 Å². The second-order valence-corrected chi connectivity index (χ2v) is 6.34. The molecule has 2 heterocycles. The second-order valence-electron chi connectivity index (χ2n) is 6.34. The van der Waals surface area contributed by atoms with Crippen molar-refractivity contribution in [1.82, 2.24) is 9.80 Å². The minimum atomic E-state index is -0.0268. The van der Waals surface area contributed by atoms with Gasteiger partial charge in [-0.25, -0.2) is 0 Å². The molecule has 0 aliphatic carbocycles. The summed E-state index contributed by atoms with van der Waals surface area (Å²) >= 11 is 0. The van der Waals surface area contributed by atoms with Gasteiger partial charge in [-0.3, -0.25) is 14.5 Å². The number of hydrogen-bond acceptors (Lipinski definition) is 3. The SMILES string of the molecule is CC(=O)C1CCN(C(C)C(=O)N2CCCCCC2)CC1. The van der Waals surface area contributed by atoms with Crippen molar-refractivity contribution in [3.8, 4) is 0 Å². The number of hydrogen-bond donors (Lipinski definition) is 0. The Morgan fingerprint density at radius 1 is 0.950 bits per heavy atom. The monoisotopic (exact) mass is 280 g/mol. The third kappa shape index (κ3) is 3.81. The van der Waals surface area contributed by atoms with Crippen molar-refractivity contribution >= 4 is 11.7 Å². The fourth-order valence-corrected chi connectivity index (χ4v) is 3.40. The zero-order valence-corrected chi connectivity index (χ0v) is 12.9. The Bertz CT molecular complexity index is 340. The standard InChI is InChI=1S/C16H28N2O2/c1-13(16(20)18-9-5-3-4-6-10-18)17-11-7-15(8-12-17)14(2)19/h13,15H,3-12H2,1-2H3. The van der Waals surface area contributed by atoms with Gasteiger partial charge in [0.15, 0.2) is 0 Å². The molecule has 1 unspecified atom stereocenters. The van der Waals surface area contributed by atoms with Crippen molar-refractivity contribution in [2.24, 2.45) is 5.92 Å². The van der Waals surface area contributed by atoms with Gasteiger partial charge in [-0.15, -0.1) is 0 Å². The van der Waals surface area contributed by atoms with Crippen LogP contribution < -0.4 is 0 Å². The van der Waals surface area contributed by atoms with Crippen LogP contribution in [0.4, 0.5) is 0 Å². The molecule has 0 aromatic carbocycles. The summed E-state index contributed by atoms with van der Waals surface area (Å²) < 4.78 is 0. The number of Topliss-reactive ketones (excluding diaryl/α,β-unsaturated/α-hetero) is 1. The molecular formula is C16H28N2O2. The first-order chi connectivity index (χ1) is 9.59. The molecule has 2 rings (SSSR count). The number of rotatable bonds is 3. The van der Waals surface area contributed by atoms with Gasteiger partial charge < -0.3 is 4.90 Å². The number of likely N-dealkylation sites (tertiary alicyclic amines) is 2. The number of carbonyl (C=O) groups excluding carboxylic acids is 2. The third-order valence-electron chi connectivity index (χ3n) is 4.93. The Morgan fingerprint density at radius 3 is 2.00 bits per heavy atom. The van der Waals surface area contributed by atoms with Gasteiger partial charge in [-0.2, -0.15) is 0 Å². The molecule has 2 fully saturated rings. The number of piperidine rings is 1. The molecule has 1 amide bonds. The maximum absolute atomic E-state index is 12.6. The predicted molar refractivity (Wildman–Crippen MR) is 79.5 cm³/mol. The Hall–Kier alpha value is -0.900. The Kier molecular flexibility index (Phi) is 5.58. The third-order valence-corrected chi connectivity index (χ3v) is 4.93. The van der Waals surface area contributed by atoms with Crippen LogP contribution in [0, 0.1) is 5.92 Å². The lowest BCUT2D eigenvalue weighted by Crippen LogP contribution is -2.50. The summed E-state index contributed by atoms with van der Waals surface area (Å²) in [6, 6.07) is -0.0268. The van der Waals surface area contributed by atoms with Crippen molar-refractivity contribution in [2.75, 3.05) is 26.2 Å². The molecule has 0 radical (unpaired) electrons. The molecule has 0 saturated carbocycles. The summed E-state index contributed by atoms with van der Waals surface area (Å²) in [5.74, 6) is 0.802. The first-order valence-electron chi connectivity index (χ1n) is 8.13. The lowest BCUT2D eigenvalue weighted by Gasteiger charge is -2.36. The lowest BCUT2D eigenvalue weighted by atomic mass is 9.92. The summed E-state index contributed by atoms with van der Waals surface area (Å²) in [6.45, 7) is 7.32. The number of carbonyl (C=O) groups is 2. The summed E-state index contributed by atoms with van der Waals surface area (Å²) in [5.41, 5.74) is 0. The molecule has 0 aromatic rings. The predicted octanol–water partition coefficient (Wildman–Crippen LogP) is 2.08. The maximum atomic E-state index is 12.6. The zero-order chi connectivity index (χ0) is 14.5. The molecule has 0 bridgehead atoms. The van der Waals surface area contributed by atoms with Gasteiger partial charge in [-0.05, 0) is 52.6 Å². The molecule has 2 aliphatic rings. The van der Waals surface area contributed by atoms with E-state index in [0.717, 1.165) is 51.9 Å². The van der Waals surface area contributed by atoms with Gasteiger partial charge in [0.25, 0.3) is 0 Å². The highest BCUT2D eigenvalue weighted by Crippen LogP contribution is 2.21. The minimum absolute atomic E-state index is 0.0268. The highest BCUT2D eigenvalue weighted by atomic mass is 16.2. The van der Waals surface area contributed by atoms with Gasteiger partial charge in [0.2, 0.25) is 5.91 Å². The van der Waals surface area contributed by atoms with E-state index in [-0.39, 0.29) is 17.9 Å². The van der Waals surface area contributed by atoms with Crippen LogP contribution in [0.25, 0.3) is 0 Å². The van der Waals surface area contributed by atoms with Crippen LogP contribution in [0.1, 0.15) is 52.4 Å². The number of amides is 1.